The van der Waals surface area contributed by atoms with Crippen molar-refractivity contribution in [3.63, 3.8) is 0 Å². The van der Waals surface area contributed by atoms with Gasteiger partial charge in [0.2, 0.25) is 0 Å². The number of allylic oxidation sites excluding steroid dienone is 12. The lowest BCUT2D eigenvalue weighted by molar-refractivity contribution is -0.167. The predicted molar refractivity (Wildman–Crippen MR) is 298 cm³/mol. The fraction of sp³-hybridized carbons (Fsp3) is 0.762. The van der Waals surface area contributed by atoms with Gasteiger partial charge in [0, 0.05) is 19.3 Å². The first kappa shape index (κ1) is 65.8. The smallest absolute Gasteiger partial charge is 0.306 e. The highest BCUT2D eigenvalue weighted by atomic mass is 16.6. The zero-order valence-corrected chi connectivity index (χ0v) is 45.6. The zero-order chi connectivity index (χ0) is 50.0. The highest BCUT2D eigenvalue weighted by Gasteiger charge is 2.19. The van der Waals surface area contributed by atoms with Crippen molar-refractivity contribution in [3.05, 3.63) is 72.9 Å². The maximum Gasteiger partial charge on any atom is 0.306 e. The van der Waals surface area contributed by atoms with E-state index in [0.29, 0.717) is 19.3 Å². The largest absolute Gasteiger partial charge is 0.462 e. The Bertz CT molecular complexity index is 1290. The van der Waals surface area contributed by atoms with Crippen molar-refractivity contribution in [2.45, 2.75) is 297 Å². The normalized spacial score (nSPS) is 12.6. The van der Waals surface area contributed by atoms with E-state index in [1.165, 1.54) is 141 Å². The summed E-state index contributed by atoms with van der Waals surface area (Å²) in [5.41, 5.74) is 0. The van der Waals surface area contributed by atoms with Gasteiger partial charge < -0.3 is 14.2 Å². The van der Waals surface area contributed by atoms with Crippen LogP contribution in [-0.2, 0) is 28.6 Å². The minimum Gasteiger partial charge on any atom is -0.462 e. The third kappa shape index (κ3) is 55.6. The Morgan fingerprint density at radius 1 is 0.304 bits per heavy atom. The first-order valence-corrected chi connectivity index (χ1v) is 29.4. The second-order valence-electron chi connectivity index (χ2n) is 19.5. The Balaban J connectivity index is 4.18. The van der Waals surface area contributed by atoms with Crippen LogP contribution in [0, 0.1) is 0 Å². The summed E-state index contributed by atoms with van der Waals surface area (Å²) in [5, 5.41) is 0. The molecule has 6 nitrogen and oxygen atoms in total. The second-order valence-corrected chi connectivity index (χ2v) is 19.5. The van der Waals surface area contributed by atoms with E-state index in [1.54, 1.807) is 0 Å². The maximum atomic E-state index is 12.8. The number of hydrogen-bond donors (Lipinski definition) is 0. The van der Waals surface area contributed by atoms with Crippen LogP contribution in [0.25, 0.3) is 0 Å². The summed E-state index contributed by atoms with van der Waals surface area (Å²) >= 11 is 0. The third-order valence-corrected chi connectivity index (χ3v) is 12.7. The van der Waals surface area contributed by atoms with Gasteiger partial charge in [-0.3, -0.25) is 14.4 Å². The first-order chi connectivity index (χ1) is 34.0. The Morgan fingerprint density at radius 2 is 0.565 bits per heavy atom. The van der Waals surface area contributed by atoms with Crippen molar-refractivity contribution in [1.29, 1.82) is 0 Å². The summed E-state index contributed by atoms with van der Waals surface area (Å²) in [7, 11) is 0. The second kappa shape index (κ2) is 57.4. The van der Waals surface area contributed by atoms with Gasteiger partial charge in [-0.05, 0) is 70.6 Å². The molecule has 0 aromatic heterocycles. The Labute approximate surface area is 427 Å². The molecule has 0 amide bonds. The van der Waals surface area contributed by atoms with Crippen molar-refractivity contribution >= 4 is 17.9 Å². The molecular formula is C63H110O6. The molecule has 1 atom stereocenters. The molecule has 0 aromatic rings. The molecular weight excluding hydrogens is 853 g/mol. The number of hydrogen-bond acceptors (Lipinski definition) is 6. The van der Waals surface area contributed by atoms with E-state index in [2.05, 4.69) is 93.7 Å². The number of rotatable bonds is 53. The molecule has 398 valence electrons. The summed E-state index contributed by atoms with van der Waals surface area (Å²) < 4.78 is 16.8. The molecule has 0 bridgehead atoms. The van der Waals surface area contributed by atoms with E-state index in [4.69, 9.17) is 14.2 Å². The van der Waals surface area contributed by atoms with E-state index in [1.807, 2.05) is 0 Å². The van der Waals surface area contributed by atoms with Crippen LogP contribution in [0.5, 0.6) is 0 Å². The molecule has 69 heavy (non-hydrogen) atoms. The molecule has 0 aliphatic heterocycles. The molecule has 0 heterocycles. The number of carbonyl (C=O) groups is 3. The molecule has 0 saturated heterocycles. The lowest BCUT2D eigenvalue weighted by Crippen LogP contribution is -2.30. The van der Waals surface area contributed by atoms with Gasteiger partial charge in [0.25, 0.3) is 0 Å². The maximum absolute atomic E-state index is 12.8. The third-order valence-electron chi connectivity index (χ3n) is 12.7. The Morgan fingerprint density at radius 3 is 0.884 bits per heavy atom. The number of ether oxygens (including phenoxy) is 3. The Kier molecular flexibility index (Phi) is 54.8. The molecule has 0 aliphatic rings. The zero-order valence-electron chi connectivity index (χ0n) is 45.6. The van der Waals surface area contributed by atoms with Crippen molar-refractivity contribution in [3.8, 4) is 0 Å². The van der Waals surface area contributed by atoms with Crippen LogP contribution in [0.2, 0.25) is 0 Å². The van der Waals surface area contributed by atoms with E-state index >= 15 is 0 Å². The fourth-order valence-electron chi connectivity index (χ4n) is 8.33. The number of carbonyl (C=O) groups excluding carboxylic acids is 3. The topological polar surface area (TPSA) is 78.9 Å². The van der Waals surface area contributed by atoms with Crippen LogP contribution in [0.1, 0.15) is 290 Å². The van der Waals surface area contributed by atoms with Gasteiger partial charge in [-0.2, -0.15) is 0 Å². The van der Waals surface area contributed by atoms with Gasteiger partial charge in [-0.15, -0.1) is 0 Å². The molecule has 0 saturated carbocycles. The molecule has 1 unspecified atom stereocenters. The summed E-state index contributed by atoms with van der Waals surface area (Å²) in [4.78, 5) is 37.9. The number of esters is 3. The Hall–Kier alpha value is -3.15. The lowest BCUT2D eigenvalue weighted by Gasteiger charge is -2.18. The monoisotopic (exact) mass is 963 g/mol. The van der Waals surface area contributed by atoms with E-state index in [9.17, 15) is 14.4 Å². The lowest BCUT2D eigenvalue weighted by atomic mass is 10.0. The summed E-state index contributed by atoms with van der Waals surface area (Å²) in [6.45, 7) is 6.47. The van der Waals surface area contributed by atoms with Gasteiger partial charge in [0.05, 0.1) is 0 Å². The average Bonchev–Trinajstić information content (AvgIpc) is 3.35. The van der Waals surface area contributed by atoms with Crippen LogP contribution in [0.15, 0.2) is 72.9 Å². The van der Waals surface area contributed by atoms with Crippen LogP contribution in [0.4, 0.5) is 0 Å². The standard InChI is InChI=1S/C63H110O6/c1-4-7-10-13-16-18-20-22-24-26-28-30-32-34-35-37-39-41-43-45-47-50-53-56-62(65)68-59-60(58-67-61(64)55-52-49-15-12-9-6-3)69-63(66)57-54-51-48-46-44-42-40-38-36-33-31-29-27-25-23-21-19-17-14-11-8-5-2/h7,10,16,18,22,24,28,30,34-35,39,41,60H,4-6,8-9,11-15,17,19-21,23,25-27,29,31-33,36-38,40,42-59H2,1-3H3/b10-7-,18-16-,24-22-,30-28-,35-34-,41-39-. The molecule has 0 aliphatic carbocycles. The molecule has 0 N–H and O–H groups in total. The van der Waals surface area contributed by atoms with Crippen LogP contribution in [-0.4, -0.2) is 37.2 Å². The molecule has 0 aromatic carbocycles. The van der Waals surface area contributed by atoms with Gasteiger partial charge in [-0.1, -0.05) is 273 Å². The predicted octanol–water partition coefficient (Wildman–Crippen LogP) is 19.8. The first-order valence-electron chi connectivity index (χ1n) is 29.4. The minimum atomic E-state index is -0.781. The van der Waals surface area contributed by atoms with Crippen LogP contribution in [0.3, 0.4) is 0 Å². The molecule has 0 spiro atoms. The molecule has 0 fully saturated rings. The van der Waals surface area contributed by atoms with Crippen molar-refractivity contribution in [1.82, 2.24) is 0 Å². The van der Waals surface area contributed by atoms with Gasteiger partial charge >= 0.3 is 17.9 Å². The fourth-order valence-corrected chi connectivity index (χ4v) is 8.33. The van der Waals surface area contributed by atoms with E-state index in [-0.39, 0.29) is 31.1 Å². The van der Waals surface area contributed by atoms with Crippen molar-refractivity contribution in [2.75, 3.05) is 13.2 Å². The SMILES string of the molecule is CC/C=C\C/C=C\C/C=C\C/C=C\C/C=C\C/C=C\CCCCCCC(=O)OCC(COC(=O)CCCCCCCC)OC(=O)CCCCCCCCCCCCCCCCCCCCCCCC. The molecule has 0 rings (SSSR count). The molecule has 0 radical (unpaired) electrons. The van der Waals surface area contributed by atoms with E-state index < -0.39 is 6.10 Å². The van der Waals surface area contributed by atoms with Gasteiger partial charge in [0.1, 0.15) is 13.2 Å². The minimum absolute atomic E-state index is 0.0817. The molecule has 6 heteroatoms. The van der Waals surface area contributed by atoms with Crippen LogP contribution < -0.4 is 0 Å². The van der Waals surface area contributed by atoms with Crippen molar-refractivity contribution < 1.29 is 28.6 Å². The quantitative estimate of drug-likeness (QED) is 0.0262. The highest BCUT2D eigenvalue weighted by molar-refractivity contribution is 5.71. The van der Waals surface area contributed by atoms with E-state index in [0.717, 1.165) is 109 Å². The van der Waals surface area contributed by atoms with Gasteiger partial charge in [0.15, 0.2) is 6.10 Å². The van der Waals surface area contributed by atoms with Gasteiger partial charge in [-0.25, -0.2) is 0 Å². The number of unbranched alkanes of at least 4 members (excludes halogenated alkanes) is 30. The highest BCUT2D eigenvalue weighted by Crippen LogP contribution is 2.17. The summed E-state index contributed by atoms with van der Waals surface area (Å²) in [6.07, 6.45) is 73.6. The van der Waals surface area contributed by atoms with Crippen LogP contribution >= 0.6 is 0 Å². The summed E-state index contributed by atoms with van der Waals surface area (Å²) in [5.74, 6) is -0.907. The summed E-state index contributed by atoms with van der Waals surface area (Å²) in [6, 6.07) is 0. The average molecular weight is 964 g/mol. The van der Waals surface area contributed by atoms with Crippen molar-refractivity contribution in [2.24, 2.45) is 0 Å².